The maximum absolute atomic E-state index is 12.3. The van der Waals surface area contributed by atoms with E-state index in [1.165, 1.54) is 0 Å². The molecule has 132 valence electrons. The summed E-state index contributed by atoms with van der Waals surface area (Å²) < 4.78 is 5.42. The van der Waals surface area contributed by atoms with Crippen molar-refractivity contribution in [3.63, 3.8) is 0 Å². The highest BCUT2D eigenvalue weighted by Crippen LogP contribution is 2.18. The van der Waals surface area contributed by atoms with Gasteiger partial charge in [0, 0.05) is 5.02 Å². The Morgan fingerprint density at radius 3 is 2.64 bits per heavy atom. The first kappa shape index (κ1) is 18.8. The monoisotopic (exact) mass is 360 g/mol. The maximum Gasteiger partial charge on any atom is 0.255 e. The van der Waals surface area contributed by atoms with Crippen molar-refractivity contribution in [1.29, 1.82) is 0 Å². The van der Waals surface area contributed by atoms with Gasteiger partial charge in [-0.3, -0.25) is 9.59 Å². The van der Waals surface area contributed by atoms with E-state index in [1.807, 2.05) is 26.0 Å². The van der Waals surface area contributed by atoms with Gasteiger partial charge in [-0.1, -0.05) is 35.9 Å². The van der Waals surface area contributed by atoms with Gasteiger partial charge in [-0.2, -0.15) is 0 Å². The summed E-state index contributed by atoms with van der Waals surface area (Å²) in [4.78, 5) is 24.3. The number of hydrogen-bond donors (Lipinski definition) is 2. The Hall–Kier alpha value is -2.53. The number of carbonyl (C=O) groups excluding carboxylic acids is 2. The summed E-state index contributed by atoms with van der Waals surface area (Å²) in [5.41, 5.74) is 1.30. The second kappa shape index (κ2) is 9.08. The van der Waals surface area contributed by atoms with Gasteiger partial charge in [0.05, 0.1) is 24.8 Å². The predicted molar refractivity (Wildman–Crippen MR) is 98.0 cm³/mol. The Balaban J connectivity index is 1.90. The van der Waals surface area contributed by atoms with Crippen LogP contribution in [0.1, 0.15) is 35.8 Å². The lowest BCUT2D eigenvalue weighted by Gasteiger charge is -2.15. The lowest BCUT2D eigenvalue weighted by Crippen LogP contribution is -2.38. The molecule has 2 rings (SSSR count). The van der Waals surface area contributed by atoms with Crippen LogP contribution in [0.3, 0.4) is 0 Å². The molecule has 0 aromatic heterocycles. The van der Waals surface area contributed by atoms with Crippen molar-refractivity contribution in [2.24, 2.45) is 0 Å². The van der Waals surface area contributed by atoms with Crippen molar-refractivity contribution >= 4 is 23.4 Å². The second-order valence-corrected chi connectivity index (χ2v) is 5.89. The highest BCUT2D eigenvalue weighted by molar-refractivity contribution is 6.30. The minimum Gasteiger partial charge on any atom is -0.493 e. The largest absolute Gasteiger partial charge is 0.493 e. The first-order valence-electron chi connectivity index (χ1n) is 8.06. The Kier molecular flexibility index (Phi) is 6.83. The summed E-state index contributed by atoms with van der Waals surface area (Å²) in [6, 6.07) is 14.0. The van der Waals surface area contributed by atoms with Crippen LogP contribution in [0.25, 0.3) is 0 Å². The third-order valence-corrected chi connectivity index (χ3v) is 3.80. The molecule has 5 nitrogen and oxygen atoms in total. The first-order chi connectivity index (χ1) is 12.0. The highest BCUT2D eigenvalue weighted by atomic mass is 35.5. The van der Waals surface area contributed by atoms with E-state index in [1.54, 1.807) is 36.4 Å². The standard InChI is InChI=1S/C19H21ClN2O3/c1-3-25-17-10-5-4-9-16(17)19(24)21-12-18(23)22-13(2)14-7-6-8-15(20)11-14/h4-11,13H,3,12H2,1-2H3,(H,21,24)(H,22,23). The van der Waals surface area contributed by atoms with Crippen molar-refractivity contribution in [3.05, 3.63) is 64.7 Å². The zero-order valence-electron chi connectivity index (χ0n) is 14.2. The van der Waals surface area contributed by atoms with Crippen LogP contribution in [-0.4, -0.2) is 25.0 Å². The molecule has 2 aromatic rings. The van der Waals surface area contributed by atoms with Gasteiger partial charge in [0.2, 0.25) is 5.91 Å². The second-order valence-electron chi connectivity index (χ2n) is 5.46. The molecule has 0 saturated carbocycles. The van der Waals surface area contributed by atoms with Crippen LogP contribution < -0.4 is 15.4 Å². The summed E-state index contributed by atoms with van der Waals surface area (Å²) in [5, 5.41) is 6.05. The number of carbonyl (C=O) groups is 2. The molecule has 0 aliphatic heterocycles. The molecule has 1 atom stereocenters. The van der Waals surface area contributed by atoms with Gasteiger partial charge in [0.25, 0.3) is 5.91 Å². The molecular weight excluding hydrogens is 340 g/mol. The predicted octanol–water partition coefficient (Wildman–Crippen LogP) is 3.35. The summed E-state index contributed by atoms with van der Waals surface area (Å²) in [6.45, 7) is 4.04. The average molecular weight is 361 g/mol. The van der Waals surface area contributed by atoms with E-state index in [9.17, 15) is 9.59 Å². The lowest BCUT2D eigenvalue weighted by atomic mass is 10.1. The summed E-state index contributed by atoms with van der Waals surface area (Å²) in [7, 11) is 0. The molecule has 0 heterocycles. The maximum atomic E-state index is 12.3. The van der Waals surface area contributed by atoms with E-state index in [0.717, 1.165) is 5.56 Å². The fraction of sp³-hybridized carbons (Fsp3) is 0.263. The quantitative estimate of drug-likeness (QED) is 0.795. The summed E-state index contributed by atoms with van der Waals surface area (Å²) in [5.74, 6) is -0.139. The molecule has 1 unspecified atom stereocenters. The molecule has 0 bridgehead atoms. The lowest BCUT2D eigenvalue weighted by molar-refractivity contribution is -0.120. The topological polar surface area (TPSA) is 67.4 Å². The molecule has 2 aromatic carbocycles. The zero-order chi connectivity index (χ0) is 18.2. The van der Waals surface area contributed by atoms with E-state index in [0.29, 0.717) is 22.9 Å². The van der Waals surface area contributed by atoms with E-state index in [4.69, 9.17) is 16.3 Å². The first-order valence-corrected chi connectivity index (χ1v) is 8.44. The van der Waals surface area contributed by atoms with Gasteiger partial charge >= 0.3 is 0 Å². The van der Waals surface area contributed by atoms with Crippen molar-refractivity contribution in [1.82, 2.24) is 10.6 Å². The van der Waals surface area contributed by atoms with Gasteiger partial charge in [-0.05, 0) is 43.7 Å². The average Bonchev–Trinajstić information content (AvgIpc) is 2.60. The van der Waals surface area contributed by atoms with Crippen LogP contribution >= 0.6 is 11.6 Å². The SMILES string of the molecule is CCOc1ccccc1C(=O)NCC(=O)NC(C)c1cccc(Cl)c1. The van der Waals surface area contributed by atoms with Crippen LogP contribution in [0.2, 0.25) is 5.02 Å². The van der Waals surface area contributed by atoms with Gasteiger partial charge in [-0.15, -0.1) is 0 Å². The third kappa shape index (κ3) is 5.50. The molecule has 0 radical (unpaired) electrons. The van der Waals surface area contributed by atoms with Gasteiger partial charge in [0.1, 0.15) is 5.75 Å². The van der Waals surface area contributed by atoms with Gasteiger partial charge < -0.3 is 15.4 Å². The van der Waals surface area contributed by atoms with E-state index < -0.39 is 0 Å². The Bertz CT molecular complexity index is 749. The summed E-state index contributed by atoms with van der Waals surface area (Å²) in [6.07, 6.45) is 0. The van der Waals surface area contributed by atoms with Crippen LogP contribution in [-0.2, 0) is 4.79 Å². The van der Waals surface area contributed by atoms with E-state index in [-0.39, 0.29) is 24.4 Å². The number of para-hydroxylation sites is 1. The molecular formula is C19H21ClN2O3. The highest BCUT2D eigenvalue weighted by Gasteiger charge is 2.14. The number of benzene rings is 2. The minimum absolute atomic E-state index is 0.121. The van der Waals surface area contributed by atoms with Gasteiger partial charge in [-0.25, -0.2) is 0 Å². The van der Waals surface area contributed by atoms with Crippen molar-refractivity contribution < 1.29 is 14.3 Å². The van der Waals surface area contributed by atoms with Crippen molar-refractivity contribution in [3.8, 4) is 5.75 Å². The molecule has 2 N–H and O–H groups in total. The van der Waals surface area contributed by atoms with E-state index >= 15 is 0 Å². The Labute approximate surface area is 152 Å². The number of nitrogens with one attached hydrogen (secondary N) is 2. The molecule has 25 heavy (non-hydrogen) atoms. The third-order valence-electron chi connectivity index (χ3n) is 3.57. The number of amides is 2. The fourth-order valence-corrected chi connectivity index (χ4v) is 2.54. The number of hydrogen-bond acceptors (Lipinski definition) is 3. The fourth-order valence-electron chi connectivity index (χ4n) is 2.34. The Morgan fingerprint density at radius 2 is 1.92 bits per heavy atom. The molecule has 0 spiro atoms. The van der Waals surface area contributed by atoms with Crippen LogP contribution in [0.4, 0.5) is 0 Å². The zero-order valence-corrected chi connectivity index (χ0v) is 15.0. The minimum atomic E-state index is -0.352. The van der Waals surface area contributed by atoms with Crippen molar-refractivity contribution in [2.75, 3.05) is 13.2 Å². The number of rotatable bonds is 7. The molecule has 0 fully saturated rings. The number of ether oxygens (including phenoxy) is 1. The van der Waals surface area contributed by atoms with Crippen molar-refractivity contribution in [2.45, 2.75) is 19.9 Å². The normalized spacial score (nSPS) is 11.5. The molecule has 2 amide bonds. The molecule has 0 saturated heterocycles. The molecule has 6 heteroatoms. The van der Waals surface area contributed by atoms with E-state index in [2.05, 4.69) is 10.6 Å². The summed E-state index contributed by atoms with van der Waals surface area (Å²) >= 11 is 5.95. The van der Waals surface area contributed by atoms with Crippen LogP contribution in [0.5, 0.6) is 5.75 Å². The number of halogens is 1. The smallest absolute Gasteiger partial charge is 0.255 e. The van der Waals surface area contributed by atoms with Gasteiger partial charge in [0.15, 0.2) is 0 Å². The molecule has 0 aliphatic rings. The molecule has 0 aliphatic carbocycles. The Morgan fingerprint density at radius 1 is 1.16 bits per heavy atom. The van der Waals surface area contributed by atoms with Crippen LogP contribution in [0, 0.1) is 0 Å². The van der Waals surface area contributed by atoms with Crippen LogP contribution in [0.15, 0.2) is 48.5 Å².